The van der Waals surface area contributed by atoms with E-state index < -0.39 is 5.97 Å². The van der Waals surface area contributed by atoms with Crippen molar-refractivity contribution in [3.63, 3.8) is 0 Å². The average molecular weight is 395 g/mol. The molecule has 2 aromatic carbocycles. The van der Waals surface area contributed by atoms with Gasteiger partial charge < -0.3 is 4.74 Å². The van der Waals surface area contributed by atoms with E-state index in [1.165, 1.54) is 41.0 Å². The van der Waals surface area contributed by atoms with Crippen molar-refractivity contribution in [2.24, 2.45) is 0 Å². The highest BCUT2D eigenvalue weighted by molar-refractivity contribution is 7.13. The van der Waals surface area contributed by atoms with Gasteiger partial charge in [0.15, 0.2) is 18.1 Å². The molecule has 0 amide bonds. The van der Waals surface area contributed by atoms with Gasteiger partial charge in [-0.3, -0.25) is 4.79 Å². The van der Waals surface area contributed by atoms with E-state index in [0.717, 1.165) is 24.8 Å². The first-order valence-electron chi connectivity index (χ1n) is 9.14. The first-order valence-corrected chi connectivity index (χ1v) is 10.0. The molecule has 0 aliphatic heterocycles. The van der Waals surface area contributed by atoms with Crippen LogP contribution in [0.2, 0.25) is 0 Å². The molecule has 0 fully saturated rings. The Bertz CT molecular complexity index is 1030. The first kappa shape index (κ1) is 18.5. The first-order chi connectivity index (χ1) is 13.6. The minimum atomic E-state index is -0.643. The third-order valence-electron chi connectivity index (χ3n) is 4.81. The van der Waals surface area contributed by atoms with Crippen molar-refractivity contribution >= 4 is 23.1 Å². The van der Waals surface area contributed by atoms with Gasteiger partial charge in [-0.2, -0.15) is 0 Å². The maximum absolute atomic E-state index is 13.0. The van der Waals surface area contributed by atoms with Gasteiger partial charge in [0.2, 0.25) is 0 Å². The number of hydrogen-bond donors (Lipinski definition) is 0. The van der Waals surface area contributed by atoms with Gasteiger partial charge in [-0.15, -0.1) is 11.3 Å². The molecular weight excluding hydrogens is 377 g/mol. The van der Waals surface area contributed by atoms with Gasteiger partial charge in [0.25, 0.3) is 0 Å². The number of ether oxygens (including phenoxy) is 1. The monoisotopic (exact) mass is 395 g/mol. The minimum Gasteiger partial charge on any atom is -0.453 e. The Kier molecular flexibility index (Phi) is 5.30. The second kappa shape index (κ2) is 8.02. The summed E-state index contributed by atoms with van der Waals surface area (Å²) in [6, 6.07) is 11.6. The van der Waals surface area contributed by atoms with E-state index >= 15 is 0 Å². The topological polar surface area (TPSA) is 56.3 Å². The summed E-state index contributed by atoms with van der Waals surface area (Å²) in [5.41, 5.74) is 3.94. The zero-order valence-corrected chi connectivity index (χ0v) is 15.9. The number of esters is 1. The molecule has 28 heavy (non-hydrogen) atoms. The van der Waals surface area contributed by atoms with Crippen LogP contribution in [-0.4, -0.2) is 23.3 Å². The van der Waals surface area contributed by atoms with Crippen LogP contribution in [0.5, 0.6) is 0 Å². The maximum atomic E-state index is 13.0. The largest absolute Gasteiger partial charge is 0.453 e. The van der Waals surface area contributed by atoms with Crippen LogP contribution in [0.3, 0.4) is 0 Å². The van der Waals surface area contributed by atoms with Crippen LogP contribution < -0.4 is 0 Å². The summed E-state index contributed by atoms with van der Waals surface area (Å²) in [6.07, 6.45) is 4.37. The van der Waals surface area contributed by atoms with E-state index in [9.17, 15) is 14.0 Å². The molecule has 0 saturated heterocycles. The predicted molar refractivity (Wildman–Crippen MR) is 105 cm³/mol. The Balaban J connectivity index is 1.39. The molecule has 4 rings (SSSR count). The van der Waals surface area contributed by atoms with Gasteiger partial charge in [-0.1, -0.05) is 12.1 Å². The number of Topliss-reactive ketones (excluding diaryl/α,β-unsaturated/α-hetero) is 1. The highest BCUT2D eigenvalue weighted by atomic mass is 32.1. The fourth-order valence-electron chi connectivity index (χ4n) is 3.29. The van der Waals surface area contributed by atoms with E-state index in [4.69, 9.17) is 4.74 Å². The van der Waals surface area contributed by atoms with Gasteiger partial charge in [0, 0.05) is 16.5 Å². The Morgan fingerprint density at radius 2 is 1.79 bits per heavy atom. The molecular formula is C22H18FNO3S. The van der Waals surface area contributed by atoms with Crippen LogP contribution in [0.15, 0.2) is 47.8 Å². The third-order valence-corrected chi connectivity index (χ3v) is 5.70. The predicted octanol–water partition coefficient (Wildman–Crippen LogP) is 4.87. The number of halogens is 1. The maximum Gasteiger partial charge on any atom is 0.358 e. The molecule has 0 atom stereocenters. The van der Waals surface area contributed by atoms with Crippen LogP contribution >= 0.6 is 11.3 Å². The zero-order valence-electron chi connectivity index (χ0n) is 15.1. The minimum absolute atomic E-state index is 0.141. The lowest BCUT2D eigenvalue weighted by molar-refractivity contribution is 0.0470. The molecule has 4 nitrogen and oxygen atoms in total. The SMILES string of the molecule is O=C(COC(=O)c1csc(-c2ccc(F)cc2)n1)c1ccc2c(c1)CCCC2. The van der Waals surface area contributed by atoms with Crippen molar-refractivity contribution in [2.75, 3.05) is 6.61 Å². The highest BCUT2D eigenvalue weighted by Gasteiger charge is 2.17. The summed E-state index contributed by atoms with van der Waals surface area (Å²) in [5, 5.41) is 2.16. The number of rotatable bonds is 5. The van der Waals surface area contributed by atoms with Crippen LogP contribution in [0, 0.1) is 5.82 Å². The Labute approximate surface area is 166 Å². The van der Waals surface area contributed by atoms with Crippen molar-refractivity contribution in [1.29, 1.82) is 0 Å². The van der Waals surface area contributed by atoms with E-state index in [2.05, 4.69) is 4.98 Å². The van der Waals surface area contributed by atoms with Crippen LogP contribution in [0.25, 0.3) is 10.6 Å². The molecule has 0 radical (unpaired) electrons. The van der Waals surface area contributed by atoms with E-state index in [1.807, 2.05) is 12.1 Å². The van der Waals surface area contributed by atoms with E-state index in [0.29, 0.717) is 10.6 Å². The van der Waals surface area contributed by atoms with Crippen molar-refractivity contribution in [1.82, 2.24) is 4.98 Å². The number of thiazole rings is 1. The number of carbonyl (C=O) groups is 2. The summed E-state index contributed by atoms with van der Waals surface area (Å²) >= 11 is 1.26. The molecule has 1 aliphatic carbocycles. The summed E-state index contributed by atoms with van der Waals surface area (Å²) in [7, 11) is 0. The number of aromatic nitrogens is 1. The fourth-order valence-corrected chi connectivity index (χ4v) is 4.08. The lowest BCUT2D eigenvalue weighted by Crippen LogP contribution is -2.15. The van der Waals surface area contributed by atoms with Gasteiger partial charge in [0.1, 0.15) is 10.8 Å². The van der Waals surface area contributed by atoms with Crippen LogP contribution in [-0.2, 0) is 17.6 Å². The lowest BCUT2D eigenvalue weighted by Gasteiger charge is -2.16. The number of ketones is 1. The molecule has 0 bridgehead atoms. The van der Waals surface area contributed by atoms with Crippen molar-refractivity contribution < 1.29 is 18.7 Å². The number of fused-ring (bicyclic) bond motifs is 1. The molecule has 3 aromatic rings. The van der Waals surface area contributed by atoms with Gasteiger partial charge >= 0.3 is 5.97 Å². The number of hydrogen-bond acceptors (Lipinski definition) is 5. The van der Waals surface area contributed by atoms with Gasteiger partial charge in [-0.25, -0.2) is 14.2 Å². The molecule has 1 aliphatic rings. The van der Waals surface area contributed by atoms with Crippen LogP contribution in [0.4, 0.5) is 4.39 Å². The molecule has 0 unspecified atom stereocenters. The molecule has 142 valence electrons. The van der Waals surface area contributed by atoms with E-state index in [1.54, 1.807) is 23.6 Å². The summed E-state index contributed by atoms with van der Waals surface area (Å²) in [5.74, 6) is -1.20. The molecule has 6 heteroatoms. The van der Waals surface area contributed by atoms with Crippen molar-refractivity contribution in [2.45, 2.75) is 25.7 Å². The molecule has 1 heterocycles. The summed E-state index contributed by atoms with van der Waals surface area (Å²) in [6.45, 7) is -0.318. The quantitative estimate of drug-likeness (QED) is 0.457. The normalized spacial score (nSPS) is 13.0. The van der Waals surface area contributed by atoms with Crippen LogP contribution in [0.1, 0.15) is 44.8 Å². The van der Waals surface area contributed by atoms with E-state index in [-0.39, 0.29) is 23.9 Å². The third kappa shape index (κ3) is 4.02. The second-order valence-electron chi connectivity index (χ2n) is 6.73. The zero-order chi connectivity index (χ0) is 19.5. The lowest BCUT2D eigenvalue weighted by atomic mass is 9.90. The Hall–Kier alpha value is -2.86. The number of benzene rings is 2. The van der Waals surface area contributed by atoms with Gasteiger partial charge in [-0.05, 0) is 67.1 Å². The molecule has 0 N–H and O–H groups in total. The number of nitrogens with zero attached hydrogens (tertiary/aromatic N) is 1. The Morgan fingerprint density at radius 1 is 1.04 bits per heavy atom. The van der Waals surface area contributed by atoms with Crippen molar-refractivity contribution in [3.05, 3.63) is 76.0 Å². The number of carbonyl (C=O) groups excluding carboxylic acids is 2. The average Bonchev–Trinajstić information content (AvgIpc) is 3.22. The summed E-state index contributed by atoms with van der Waals surface area (Å²) in [4.78, 5) is 28.8. The summed E-state index contributed by atoms with van der Waals surface area (Å²) < 4.78 is 18.2. The Morgan fingerprint density at radius 3 is 2.57 bits per heavy atom. The molecule has 0 spiro atoms. The van der Waals surface area contributed by atoms with Crippen molar-refractivity contribution in [3.8, 4) is 10.6 Å². The smallest absolute Gasteiger partial charge is 0.358 e. The fraction of sp³-hybridized carbons (Fsp3) is 0.227. The highest BCUT2D eigenvalue weighted by Crippen LogP contribution is 2.25. The second-order valence-corrected chi connectivity index (χ2v) is 7.59. The number of aryl methyl sites for hydroxylation is 2. The standard InChI is InChI=1S/C22H18FNO3S/c23-18-9-7-15(8-10-18)21-24-19(13-28-21)22(26)27-12-20(25)17-6-5-14-3-1-2-4-16(14)11-17/h5-11,13H,1-4,12H2. The molecule has 0 saturated carbocycles. The van der Waals surface area contributed by atoms with Gasteiger partial charge in [0.05, 0.1) is 0 Å². The molecule has 1 aromatic heterocycles.